The lowest BCUT2D eigenvalue weighted by molar-refractivity contribution is -0.119. The van der Waals surface area contributed by atoms with Crippen molar-refractivity contribution in [2.24, 2.45) is 0 Å². The molecule has 0 spiro atoms. The summed E-state index contributed by atoms with van der Waals surface area (Å²) in [5, 5.41) is 5.80. The SMILES string of the molecule is CCN1CCN(c2ccc(F)cc2C(C)NC(=O)Nc2ccc(OC)c(N3CCCCC3=O)c2)CC1. The molecule has 0 bridgehead atoms. The first kappa shape index (κ1) is 25.8. The summed E-state index contributed by atoms with van der Waals surface area (Å²) in [5.41, 5.74) is 2.87. The number of ether oxygens (including phenoxy) is 1. The first-order valence-electron chi connectivity index (χ1n) is 12.7. The van der Waals surface area contributed by atoms with Crippen LogP contribution in [0.25, 0.3) is 0 Å². The summed E-state index contributed by atoms with van der Waals surface area (Å²) in [6, 6.07) is 9.19. The van der Waals surface area contributed by atoms with Crippen molar-refractivity contribution in [2.75, 3.05) is 61.5 Å². The smallest absolute Gasteiger partial charge is 0.319 e. The van der Waals surface area contributed by atoms with Gasteiger partial charge in [0.15, 0.2) is 0 Å². The molecule has 2 aromatic rings. The number of piperazine rings is 1. The molecule has 0 radical (unpaired) electrons. The fourth-order valence-electron chi connectivity index (χ4n) is 4.95. The molecule has 1 unspecified atom stereocenters. The predicted molar refractivity (Wildman–Crippen MR) is 140 cm³/mol. The zero-order valence-electron chi connectivity index (χ0n) is 21.3. The van der Waals surface area contributed by atoms with Gasteiger partial charge in [-0.1, -0.05) is 6.92 Å². The number of nitrogens with zero attached hydrogens (tertiary/aromatic N) is 3. The molecule has 3 amide bonds. The quantitative estimate of drug-likeness (QED) is 0.594. The second-order valence-corrected chi connectivity index (χ2v) is 9.33. The zero-order valence-corrected chi connectivity index (χ0v) is 21.3. The van der Waals surface area contributed by atoms with Crippen LogP contribution >= 0.6 is 0 Å². The number of urea groups is 1. The Hall–Kier alpha value is -3.33. The molecule has 8 nitrogen and oxygen atoms in total. The maximum absolute atomic E-state index is 14.2. The van der Waals surface area contributed by atoms with Crippen LogP contribution in [0.5, 0.6) is 5.75 Å². The van der Waals surface area contributed by atoms with Crippen LogP contribution in [0, 0.1) is 5.82 Å². The molecule has 2 saturated heterocycles. The van der Waals surface area contributed by atoms with E-state index in [0.29, 0.717) is 30.1 Å². The van der Waals surface area contributed by atoms with E-state index in [1.807, 2.05) is 6.92 Å². The van der Waals surface area contributed by atoms with Gasteiger partial charge >= 0.3 is 6.03 Å². The molecule has 0 aromatic heterocycles. The summed E-state index contributed by atoms with van der Waals surface area (Å²) in [7, 11) is 1.56. The van der Waals surface area contributed by atoms with E-state index in [9.17, 15) is 14.0 Å². The molecular formula is C27H36FN5O3. The van der Waals surface area contributed by atoms with Crippen LogP contribution in [-0.2, 0) is 4.79 Å². The minimum Gasteiger partial charge on any atom is -0.495 e. The Morgan fingerprint density at radius 3 is 2.53 bits per heavy atom. The van der Waals surface area contributed by atoms with E-state index >= 15 is 0 Å². The number of anilines is 3. The van der Waals surface area contributed by atoms with E-state index < -0.39 is 12.1 Å². The number of rotatable bonds is 7. The standard InChI is InChI=1S/C27H36FN5O3/c1-4-31-13-15-32(16-14-31)23-10-8-20(28)17-22(23)19(2)29-27(35)30-21-9-11-25(36-3)24(18-21)33-12-6-5-7-26(33)34/h8-11,17-19H,4-7,12-16H2,1-3H3,(H2,29,30,35). The average molecular weight is 498 g/mol. The maximum Gasteiger partial charge on any atom is 0.319 e. The first-order chi connectivity index (χ1) is 17.4. The number of hydrogen-bond acceptors (Lipinski definition) is 5. The fourth-order valence-corrected chi connectivity index (χ4v) is 4.95. The summed E-state index contributed by atoms with van der Waals surface area (Å²) < 4.78 is 19.7. The van der Waals surface area contributed by atoms with Gasteiger partial charge in [0.05, 0.1) is 18.8 Å². The number of carbonyl (C=O) groups excluding carboxylic acids is 2. The van der Waals surface area contributed by atoms with Gasteiger partial charge in [-0.3, -0.25) is 4.79 Å². The van der Waals surface area contributed by atoms with E-state index in [4.69, 9.17) is 4.74 Å². The number of likely N-dealkylation sites (N-methyl/N-ethyl adjacent to an activating group) is 1. The van der Waals surface area contributed by atoms with Crippen LogP contribution in [0.1, 0.15) is 44.7 Å². The summed E-state index contributed by atoms with van der Waals surface area (Å²) >= 11 is 0. The Bertz CT molecular complexity index is 1090. The van der Waals surface area contributed by atoms with E-state index in [2.05, 4.69) is 27.4 Å². The molecule has 2 fully saturated rings. The van der Waals surface area contributed by atoms with Crippen LogP contribution in [0.15, 0.2) is 36.4 Å². The second kappa shape index (κ2) is 11.6. The van der Waals surface area contributed by atoms with Gasteiger partial charge < -0.3 is 30.1 Å². The molecule has 2 heterocycles. The molecule has 2 aliphatic rings. The van der Waals surface area contributed by atoms with Crippen molar-refractivity contribution in [3.05, 3.63) is 47.8 Å². The van der Waals surface area contributed by atoms with Gasteiger partial charge in [-0.15, -0.1) is 0 Å². The first-order valence-corrected chi connectivity index (χ1v) is 12.7. The molecule has 1 atom stereocenters. The van der Waals surface area contributed by atoms with Crippen LogP contribution in [-0.4, -0.2) is 63.2 Å². The lowest BCUT2D eigenvalue weighted by Crippen LogP contribution is -2.46. The number of amides is 3. The lowest BCUT2D eigenvalue weighted by atomic mass is 10.0. The number of hydrogen-bond donors (Lipinski definition) is 2. The van der Waals surface area contributed by atoms with E-state index in [-0.39, 0.29) is 11.7 Å². The number of piperidine rings is 1. The van der Waals surface area contributed by atoms with Crippen molar-refractivity contribution in [3.8, 4) is 5.75 Å². The number of halogens is 1. The largest absolute Gasteiger partial charge is 0.495 e. The normalized spacial score (nSPS) is 17.6. The van der Waals surface area contributed by atoms with Gasteiger partial charge in [-0.2, -0.15) is 0 Å². The summed E-state index contributed by atoms with van der Waals surface area (Å²) in [4.78, 5) is 31.7. The summed E-state index contributed by atoms with van der Waals surface area (Å²) in [5.74, 6) is 0.298. The van der Waals surface area contributed by atoms with Gasteiger partial charge in [-0.25, -0.2) is 9.18 Å². The van der Waals surface area contributed by atoms with Crippen LogP contribution in [0.3, 0.4) is 0 Å². The minimum absolute atomic E-state index is 0.0492. The van der Waals surface area contributed by atoms with Gasteiger partial charge in [-0.05, 0) is 62.7 Å². The Kier molecular flexibility index (Phi) is 8.30. The minimum atomic E-state index is -0.415. The lowest BCUT2D eigenvalue weighted by Gasteiger charge is -2.37. The highest BCUT2D eigenvalue weighted by Crippen LogP contribution is 2.34. The van der Waals surface area contributed by atoms with Crippen molar-refractivity contribution < 1.29 is 18.7 Å². The Morgan fingerprint density at radius 2 is 1.83 bits per heavy atom. The number of nitrogens with one attached hydrogen (secondary N) is 2. The molecule has 36 heavy (non-hydrogen) atoms. The van der Waals surface area contributed by atoms with Gasteiger partial charge in [0.2, 0.25) is 5.91 Å². The third kappa shape index (κ3) is 5.90. The Morgan fingerprint density at radius 1 is 1.06 bits per heavy atom. The van der Waals surface area contributed by atoms with Crippen molar-refractivity contribution in [2.45, 2.75) is 39.2 Å². The molecule has 194 valence electrons. The Labute approximate surface area is 212 Å². The van der Waals surface area contributed by atoms with Gasteiger partial charge in [0.25, 0.3) is 0 Å². The van der Waals surface area contributed by atoms with Crippen LogP contribution in [0.2, 0.25) is 0 Å². The van der Waals surface area contributed by atoms with Crippen molar-refractivity contribution in [3.63, 3.8) is 0 Å². The molecule has 2 aliphatic heterocycles. The topological polar surface area (TPSA) is 77.2 Å². The molecule has 9 heteroatoms. The summed E-state index contributed by atoms with van der Waals surface area (Å²) in [6.45, 7) is 9.26. The number of methoxy groups -OCH3 is 1. The average Bonchev–Trinajstić information content (AvgIpc) is 2.89. The fraction of sp³-hybridized carbons (Fsp3) is 0.481. The maximum atomic E-state index is 14.2. The Balaban J connectivity index is 1.47. The third-order valence-corrected chi connectivity index (χ3v) is 7.01. The van der Waals surface area contributed by atoms with E-state index in [1.54, 1.807) is 36.3 Å². The van der Waals surface area contributed by atoms with Crippen molar-refractivity contribution in [1.82, 2.24) is 10.2 Å². The zero-order chi connectivity index (χ0) is 25.7. The summed E-state index contributed by atoms with van der Waals surface area (Å²) in [6.07, 6.45) is 2.31. The highest BCUT2D eigenvalue weighted by atomic mass is 19.1. The molecule has 2 aromatic carbocycles. The number of benzene rings is 2. The van der Waals surface area contributed by atoms with E-state index in [1.165, 1.54) is 12.1 Å². The van der Waals surface area contributed by atoms with Crippen LogP contribution in [0.4, 0.5) is 26.2 Å². The monoisotopic (exact) mass is 497 g/mol. The van der Waals surface area contributed by atoms with Gasteiger partial charge in [0.1, 0.15) is 11.6 Å². The predicted octanol–water partition coefficient (Wildman–Crippen LogP) is 4.38. The molecular weight excluding hydrogens is 461 g/mol. The number of carbonyl (C=O) groups is 2. The second-order valence-electron chi connectivity index (χ2n) is 9.33. The highest BCUT2D eigenvalue weighted by Gasteiger charge is 2.24. The van der Waals surface area contributed by atoms with E-state index in [0.717, 1.165) is 56.8 Å². The van der Waals surface area contributed by atoms with Crippen molar-refractivity contribution >= 4 is 29.0 Å². The molecule has 4 rings (SSSR count). The highest BCUT2D eigenvalue weighted by molar-refractivity contribution is 5.97. The van der Waals surface area contributed by atoms with Gasteiger partial charge in [0, 0.05) is 56.1 Å². The third-order valence-electron chi connectivity index (χ3n) is 7.01. The van der Waals surface area contributed by atoms with Crippen LogP contribution < -0.4 is 25.2 Å². The molecule has 2 N–H and O–H groups in total. The molecule has 0 saturated carbocycles. The molecule has 0 aliphatic carbocycles. The van der Waals surface area contributed by atoms with Crippen molar-refractivity contribution in [1.29, 1.82) is 0 Å².